The van der Waals surface area contributed by atoms with Gasteiger partial charge in [-0.05, 0) is 31.0 Å². The highest BCUT2D eigenvalue weighted by Crippen LogP contribution is 2.31. The number of likely N-dealkylation sites (N-methyl/N-ethyl adjacent to an activating group) is 1. The van der Waals surface area contributed by atoms with Gasteiger partial charge >= 0.3 is 5.97 Å². The van der Waals surface area contributed by atoms with Crippen molar-refractivity contribution in [2.75, 3.05) is 20.3 Å². The van der Waals surface area contributed by atoms with Crippen molar-refractivity contribution in [1.82, 2.24) is 4.90 Å². The second-order valence-corrected chi connectivity index (χ2v) is 6.12. The topological polar surface area (TPSA) is 49.8 Å². The van der Waals surface area contributed by atoms with Gasteiger partial charge in [0, 0.05) is 12.1 Å². The molecule has 1 aliphatic heterocycles. The number of carboxylic acids is 1. The van der Waals surface area contributed by atoms with E-state index in [1.807, 2.05) is 18.5 Å². The van der Waals surface area contributed by atoms with E-state index in [1.165, 1.54) is 11.3 Å². The van der Waals surface area contributed by atoms with Crippen LogP contribution in [0.3, 0.4) is 0 Å². The number of rotatable bonds is 4. The Kier molecular flexibility index (Phi) is 4.27. The molecule has 1 aliphatic rings. The molecule has 1 saturated heterocycles. The van der Waals surface area contributed by atoms with Crippen LogP contribution in [0.2, 0.25) is 4.34 Å². The van der Waals surface area contributed by atoms with Crippen LogP contribution in [0.4, 0.5) is 0 Å². The Morgan fingerprint density at radius 3 is 2.94 bits per heavy atom. The molecule has 2 heterocycles. The lowest BCUT2D eigenvalue weighted by Crippen LogP contribution is -2.41. The summed E-state index contributed by atoms with van der Waals surface area (Å²) in [4.78, 5) is 13.2. The number of aliphatic carboxylic acids is 1. The SMILES string of the molecule is CC(c1csc(Cl)c1)N(C)C1COCC1C(=O)O. The molecule has 18 heavy (non-hydrogen) atoms. The molecule has 0 aromatic carbocycles. The molecule has 0 amide bonds. The molecule has 1 aromatic rings. The molecule has 4 nitrogen and oxygen atoms in total. The molecule has 100 valence electrons. The van der Waals surface area contributed by atoms with Crippen molar-refractivity contribution in [2.24, 2.45) is 5.92 Å². The molecule has 0 radical (unpaired) electrons. The van der Waals surface area contributed by atoms with Crippen LogP contribution in [0.1, 0.15) is 18.5 Å². The molecule has 0 saturated carbocycles. The molecule has 2 rings (SSSR count). The zero-order valence-corrected chi connectivity index (χ0v) is 11.9. The van der Waals surface area contributed by atoms with Crippen LogP contribution in [-0.4, -0.2) is 42.3 Å². The average molecular weight is 290 g/mol. The third-order valence-electron chi connectivity index (χ3n) is 3.57. The Morgan fingerprint density at radius 2 is 2.39 bits per heavy atom. The predicted octanol–water partition coefficient (Wildman–Crippen LogP) is 2.49. The van der Waals surface area contributed by atoms with E-state index in [-0.39, 0.29) is 12.1 Å². The van der Waals surface area contributed by atoms with Gasteiger partial charge in [-0.25, -0.2) is 0 Å². The summed E-state index contributed by atoms with van der Waals surface area (Å²) in [6.07, 6.45) is 0. The Bertz CT molecular complexity index is 437. The Labute approximate surface area is 115 Å². The molecule has 0 spiro atoms. The molecular weight excluding hydrogens is 274 g/mol. The van der Waals surface area contributed by atoms with Gasteiger partial charge in [-0.3, -0.25) is 9.69 Å². The fourth-order valence-electron chi connectivity index (χ4n) is 2.25. The van der Waals surface area contributed by atoms with Crippen LogP contribution < -0.4 is 0 Å². The van der Waals surface area contributed by atoms with Crippen LogP contribution in [0.5, 0.6) is 0 Å². The first-order valence-corrected chi connectivity index (χ1v) is 7.03. The number of carbonyl (C=O) groups is 1. The van der Waals surface area contributed by atoms with Gasteiger partial charge in [-0.15, -0.1) is 11.3 Å². The molecule has 0 aliphatic carbocycles. The average Bonchev–Trinajstić information content (AvgIpc) is 2.95. The monoisotopic (exact) mass is 289 g/mol. The smallest absolute Gasteiger partial charge is 0.310 e. The minimum atomic E-state index is -0.792. The first-order chi connectivity index (χ1) is 8.50. The first kappa shape index (κ1) is 13.8. The summed E-state index contributed by atoms with van der Waals surface area (Å²) in [6.45, 7) is 2.81. The molecule has 1 N–H and O–H groups in total. The number of hydrogen-bond donors (Lipinski definition) is 1. The third-order valence-corrected chi connectivity index (χ3v) is 4.68. The maximum Gasteiger partial charge on any atom is 0.310 e. The summed E-state index contributed by atoms with van der Waals surface area (Å²) in [5.74, 6) is -1.24. The van der Waals surface area contributed by atoms with Crippen molar-refractivity contribution in [1.29, 1.82) is 0 Å². The number of thiophene rings is 1. The first-order valence-electron chi connectivity index (χ1n) is 5.77. The number of hydrogen-bond acceptors (Lipinski definition) is 4. The zero-order chi connectivity index (χ0) is 13.3. The fourth-order valence-corrected chi connectivity index (χ4v) is 3.22. The lowest BCUT2D eigenvalue weighted by atomic mass is 10.00. The van der Waals surface area contributed by atoms with Crippen molar-refractivity contribution in [3.05, 3.63) is 21.3 Å². The van der Waals surface area contributed by atoms with Gasteiger partial charge < -0.3 is 9.84 Å². The number of ether oxygens (including phenoxy) is 1. The summed E-state index contributed by atoms with van der Waals surface area (Å²) >= 11 is 7.42. The van der Waals surface area contributed by atoms with E-state index >= 15 is 0 Å². The highest BCUT2D eigenvalue weighted by molar-refractivity contribution is 7.14. The molecule has 3 atom stereocenters. The van der Waals surface area contributed by atoms with Crippen LogP contribution in [-0.2, 0) is 9.53 Å². The molecule has 1 aromatic heterocycles. The molecular formula is C12H16ClNO3S. The van der Waals surface area contributed by atoms with Gasteiger partial charge in [0.1, 0.15) is 0 Å². The molecule has 1 fully saturated rings. The number of halogens is 1. The lowest BCUT2D eigenvalue weighted by Gasteiger charge is -2.31. The van der Waals surface area contributed by atoms with E-state index in [1.54, 1.807) is 0 Å². The van der Waals surface area contributed by atoms with Gasteiger partial charge in [-0.2, -0.15) is 0 Å². The quantitative estimate of drug-likeness (QED) is 0.925. The number of carboxylic acid groups (broad SMARTS) is 1. The van der Waals surface area contributed by atoms with Gasteiger partial charge in [0.15, 0.2) is 0 Å². The Balaban J connectivity index is 2.10. The Morgan fingerprint density at radius 1 is 1.67 bits per heavy atom. The van der Waals surface area contributed by atoms with Crippen LogP contribution >= 0.6 is 22.9 Å². The number of nitrogens with zero attached hydrogens (tertiary/aromatic N) is 1. The fraction of sp³-hybridized carbons (Fsp3) is 0.583. The maximum atomic E-state index is 11.2. The highest BCUT2D eigenvalue weighted by atomic mass is 35.5. The van der Waals surface area contributed by atoms with Crippen LogP contribution in [0.15, 0.2) is 11.4 Å². The van der Waals surface area contributed by atoms with Gasteiger partial charge in [0.2, 0.25) is 0 Å². The molecule has 6 heteroatoms. The molecule has 3 unspecified atom stereocenters. The van der Waals surface area contributed by atoms with E-state index < -0.39 is 11.9 Å². The lowest BCUT2D eigenvalue weighted by molar-refractivity contribution is -0.143. The van der Waals surface area contributed by atoms with Crippen LogP contribution in [0.25, 0.3) is 0 Å². The van der Waals surface area contributed by atoms with Crippen molar-refractivity contribution in [3.8, 4) is 0 Å². The normalized spacial score (nSPS) is 25.6. The molecule has 0 bridgehead atoms. The summed E-state index contributed by atoms with van der Waals surface area (Å²) in [7, 11) is 1.94. The van der Waals surface area contributed by atoms with E-state index in [2.05, 4.69) is 11.8 Å². The largest absolute Gasteiger partial charge is 0.481 e. The van der Waals surface area contributed by atoms with Crippen molar-refractivity contribution >= 4 is 28.9 Å². The van der Waals surface area contributed by atoms with Crippen LogP contribution in [0, 0.1) is 5.92 Å². The minimum Gasteiger partial charge on any atom is -0.481 e. The Hall–Kier alpha value is -0.620. The second-order valence-electron chi connectivity index (χ2n) is 4.58. The zero-order valence-electron chi connectivity index (χ0n) is 10.3. The van der Waals surface area contributed by atoms with E-state index in [0.29, 0.717) is 13.2 Å². The van der Waals surface area contributed by atoms with Gasteiger partial charge in [0.05, 0.1) is 23.5 Å². The van der Waals surface area contributed by atoms with E-state index in [4.69, 9.17) is 21.4 Å². The minimum absolute atomic E-state index is 0.0869. The second kappa shape index (κ2) is 5.57. The van der Waals surface area contributed by atoms with Crippen molar-refractivity contribution in [3.63, 3.8) is 0 Å². The maximum absolute atomic E-state index is 11.2. The van der Waals surface area contributed by atoms with E-state index in [0.717, 1.165) is 9.90 Å². The van der Waals surface area contributed by atoms with Gasteiger partial charge in [-0.1, -0.05) is 11.6 Å². The predicted molar refractivity (Wildman–Crippen MR) is 71.2 cm³/mol. The highest BCUT2D eigenvalue weighted by Gasteiger charge is 2.38. The summed E-state index contributed by atoms with van der Waals surface area (Å²) in [5, 5.41) is 11.2. The van der Waals surface area contributed by atoms with Crippen molar-refractivity contribution < 1.29 is 14.6 Å². The van der Waals surface area contributed by atoms with Gasteiger partial charge in [0.25, 0.3) is 0 Å². The summed E-state index contributed by atoms with van der Waals surface area (Å²) in [6, 6.07) is 1.97. The van der Waals surface area contributed by atoms with Crippen molar-refractivity contribution in [2.45, 2.75) is 19.0 Å². The summed E-state index contributed by atoms with van der Waals surface area (Å²) < 4.78 is 6.05. The third kappa shape index (κ3) is 2.69. The van der Waals surface area contributed by atoms with E-state index in [9.17, 15) is 4.79 Å². The summed E-state index contributed by atoms with van der Waals surface area (Å²) in [5.41, 5.74) is 1.11. The standard InChI is InChI=1S/C12H16ClNO3S/c1-7(8-3-11(13)18-6-8)14(2)10-5-17-4-9(10)12(15)16/h3,6-7,9-10H,4-5H2,1-2H3,(H,15,16).